The number of rotatable bonds is 6. The van der Waals surface area contributed by atoms with Crippen molar-refractivity contribution in [3.8, 4) is 0 Å². The molecule has 0 aromatic rings. The van der Waals surface area contributed by atoms with E-state index in [1.54, 1.807) is 4.90 Å². The molecule has 1 saturated heterocycles. The van der Waals surface area contributed by atoms with Crippen LogP contribution in [0.5, 0.6) is 0 Å². The van der Waals surface area contributed by atoms with Gasteiger partial charge in [0.25, 0.3) is 0 Å². The molecule has 2 atom stereocenters. The second kappa shape index (κ2) is 9.08. The van der Waals surface area contributed by atoms with E-state index in [9.17, 15) is 9.59 Å². The molecular formula is C16H31N3O4. The second-order valence-electron chi connectivity index (χ2n) is 6.98. The van der Waals surface area contributed by atoms with Gasteiger partial charge in [-0.15, -0.1) is 0 Å². The molecule has 0 aliphatic carbocycles. The number of hydrogen-bond acceptors (Lipinski definition) is 5. The zero-order valence-electron chi connectivity index (χ0n) is 15.0. The lowest BCUT2D eigenvalue weighted by Gasteiger charge is -2.37. The summed E-state index contributed by atoms with van der Waals surface area (Å²) in [6.45, 7) is 12.1. The van der Waals surface area contributed by atoms with E-state index in [0.29, 0.717) is 32.8 Å². The van der Waals surface area contributed by atoms with Crippen LogP contribution in [0.25, 0.3) is 0 Å². The van der Waals surface area contributed by atoms with Gasteiger partial charge in [-0.05, 0) is 34.1 Å². The van der Waals surface area contributed by atoms with Crippen LogP contribution in [0.2, 0.25) is 0 Å². The normalized spacial score (nSPS) is 20.0. The van der Waals surface area contributed by atoms with Crippen LogP contribution in [-0.2, 0) is 14.3 Å². The minimum atomic E-state index is -0.498. The van der Waals surface area contributed by atoms with E-state index in [2.05, 4.69) is 17.6 Å². The molecule has 0 aromatic heterocycles. The molecule has 2 amide bonds. The highest BCUT2D eigenvalue weighted by Gasteiger charge is 2.31. The van der Waals surface area contributed by atoms with Crippen LogP contribution in [0, 0.1) is 0 Å². The van der Waals surface area contributed by atoms with Gasteiger partial charge in [-0.3, -0.25) is 4.79 Å². The number of amides is 2. The maximum Gasteiger partial charge on any atom is 0.410 e. The number of nitrogens with zero attached hydrogens (tertiary/aromatic N) is 1. The molecule has 0 spiro atoms. The quantitative estimate of drug-likeness (QED) is 0.714. The van der Waals surface area contributed by atoms with Gasteiger partial charge in [-0.25, -0.2) is 4.79 Å². The van der Waals surface area contributed by atoms with Crippen molar-refractivity contribution in [3.63, 3.8) is 0 Å². The maximum atomic E-state index is 12.3. The van der Waals surface area contributed by atoms with Crippen LogP contribution >= 0.6 is 0 Å². The van der Waals surface area contributed by atoms with Gasteiger partial charge in [0, 0.05) is 32.6 Å². The number of morpholine rings is 1. The first kappa shape index (κ1) is 19.7. The predicted octanol–water partition coefficient (Wildman–Crippen LogP) is 1.13. The Morgan fingerprint density at radius 3 is 2.65 bits per heavy atom. The van der Waals surface area contributed by atoms with Crippen molar-refractivity contribution >= 4 is 12.0 Å². The minimum absolute atomic E-state index is 0.00173. The predicted molar refractivity (Wildman–Crippen MR) is 88.3 cm³/mol. The van der Waals surface area contributed by atoms with Crippen LogP contribution in [-0.4, -0.2) is 67.4 Å². The highest BCUT2D eigenvalue weighted by atomic mass is 16.6. The molecule has 0 aromatic carbocycles. The zero-order valence-corrected chi connectivity index (χ0v) is 15.0. The Labute approximate surface area is 139 Å². The molecule has 1 aliphatic rings. The Bertz CT molecular complexity index is 395. The highest BCUT2D eigenvalue weighted by Crippen LogP contribution is 2.17. The number of nitrogens with one attached hydrogen (secondary N) is 2. The standard InChI is InChI=1S/C16H31N3O4/c1-12(17-6-7-18-13(2)20)10-14-11-22-9-8-19(14)15(21)23-16(3,4)5/h12,14,17H,6-11H2,1-5H3,(H,18,20). The molecule has 1 fully saturated rings. The molecule has 0 saturated carbocycles. The summed E-state index contributed by atoms with van der Waals surface area (Å²) in [5.41, 5.74) is -0.498. The van der Waals surface area contributed by atoms with E-state index >= 15 is 0 Å². The number of ether oxygens (including phenoxy) is 2. The highest BCUT2D eigenvalue weighted by molar-refractivity contribution is 5.72. The summed E-state index contributed by atoms with van der Waals surface area (Å²) < 4.78 is 11.0. The first-order valence-electron chi connectivity index (χ1n) is 8.24. The lowest BCUT2D eigenvalue weighted by Crippen LogP contribution is -2.52. The van der Waals surface area contributed by atoms with E-state index in [1.807, 2.05) is 20.8 Å². The van der Waals surface area contributed by atoms with Crippen molar-refractivity contribution in [1.29, 1.82) is 0 Å². The number of hydrogen-bond donors (Lipinski definition) is 2. The molecule has 23 heavy (non-hydrogen) atoms. The minimum Gasteiger partial charge on any atom is -0.444 e. The van der Waals surface area contributed by atoms with Gasteiger partial charge in [-0.1, -0.05) is 0 Å². The van der Waals surface area contributed by atoms with Crippen molar-refractivity contribution in [2.24, 2.45) is 0 Å². The third-order valence-electron chi connectivity index (χ3n) is 3.47. The lowest BCUT2D eigenvalue weighted by molar-refractivity contribution is -0.118. The molecule has 0 radical (unpaired) electrons. The molecule has 2 N–H and O–H groups in total. The second-order valence-corrected chi connectivity index (χ2v) is 6.98. The van der Waals surface area contributed by atoms with E-state index < -0.39 is 5.60 Å². The zero-order chi connectivity index (χ0) is 17.5. The summed E-state index contributed by atoms with van der Waals surface area (Å²) in [6.07, 6.45) is 0.496. The van der Waals surface area contributed by atoms with E-state index in [0.717, 1.165) is 6.42 Å². The van der Waals surface area contributed by atoms with Crippen LogP contribution in [0.4, 0.5) is 4.79 Å². The molecule has 7 heteroatoms. The summed E-state index contributed by atoms with van der Waals surface area (Å²) in [5, 5.41) is 6.09. The summed E-state index contributed by atoms with van der Waals surface area (Å²) in [5.74, 6) is -0.0313. The van der Waals surface area contributed by atoms with Crippen molar-refractivity contribution in [3.05, 3.63) is 0 Å². The fourth-order valence-electron chi connectivity index (χ4n) is 2.46. The van der Waals surface area contributed by atoms with Gasteiger partial charge in [0.05, 0.1) is 19.3 Å². The Hall–Kier alpha value is -1.34. The van der Waals surface area contributed by atoms with Gasteiger partial charge >= 0.3 is 6.09 Å². The van der Waals surface area contributed by atoms with Crippen LogP contribution < -0.4 is 10.6 Å². The topological polar surface area (TPSA) is 79.9 Å². The van der Waals surface area contributed by atoms with E-state index in [4.69, 9.17) is 9.47 Å². The van der Waals surface area contributed by atoms with Gasteiger partial charge in [0.15, 0.2) is 0 Å². The smallest absolute Gasteiger partial charge is 0.410 e. The largest absolute Gasteiger partial charge is 0.444 e. The van der Waals surface area contributed by atoms with Gasteiger partial charge < -0.3 is 25.0 Å². The van der Waals surface area contributed by atoms with Crippen molar-refractivity contribution in [2.45, 2.75) is 58.7 Å². The molecule has 1 aliphatic heterocycles. The lowest BCUT2D eigenvalue weighted by atomic mass is 10.1. The fraction of sp³-hybridized carbons (Fsp3) is 0.875. The summed E-state index contributed by atoms with van der Waals surface area (Å²) in [7, 11) is 0. The molecule has 7 nitrogen and oxygen atoms in total. The third kappa shape index (κ3) is 8.18. The Kier molecular flexibility index (Phi) is 7.78. The third-order valence-corrected chi connectivity index (χ3v) is 3.47. The van der Waals surface area contributed by atoms with Crippen molar-refractivity contribution in [1.82, 2.24) is 15.5 Å². The van der Waals surface area contributed by atoms with E-state index in [1.165, 1.54) is 6.92 Å². The molecule has 134 valence electrons. The van der Waals surface area contributed by atoms with Crippen molar-refractivity contribution in [2.75, 3.05) is 32.8 Å². The monoisotopic (exact) mass is 329 g/mol. The molecule has 0 bridgehead atoms. The first-order chi connectivity index (χ1) is 10.7. The number of carbonyl (C=O) groups is 2. The SMILES string of the molecule is CC(=O)NCCNC(C)CC1COCCN1C(=O)OC(C)(C)C. The van der Waals surface area contributed by atoms with Crippen LogP contribution in [0.15, 0.2) is 0 Å². The molecular weight excluding hydrogens is 298 g/mol. The van der Waals surface area contributed by atoms with Gasteiger partial charge in [-0.2, -0.15) is 0 Å². The maximum absolute atomic E-state index is 12.3. The van der Waals surface area contributed by atoms with Gasteiger partial charge in [0.1, 0.15) is 5.60 Å². The number of carbonyl (C=O) groups excluding carboxylic acids is 2. The molecule has 1 heterocycles. The van der Waals surface area contributed by atoms with Crippen molar-refractivity contribution < 1.29 is 19.1 Å². The Morgan fingerprint density at radius 1 is 1.35 bits per heavy atom. The molecule has 1 rings (SSSR count). The van der Waals surface area contributed by atoms with E-state index in [-0.39, 0.29) is 24.1 Å². The van der Waals surface area contributed by atoms with Crippen LogP contribution in [0.1, 0.15) is 41.0 Å². The average Bonchev–Trinajstić information content (AvgIpc) is 2.42. The summed E-state index contributed by atoms with van der Waals surface area (Å²) in [4.78, 5) is 24.9. The molecule has 2 unspecified atom stereocenters. The Balaban J connectivity index is 2.44. The first-order valence-corrected chi connectivity index (χ1v) is 8.24. The Morgan fingerprint density at radius 2 is 2.04 bits per heavy atom. The van der Waals surface area contributed by atoms with Crippen LogP contribution in [0.3, 0.4) is 0 Å². The summed E-state index contributed by atoms with van der Waals surface area (Å²) >= 11 is 0. The fourth-order valence-corrected chi connectivity index (χ4v) is 2.46. The van der Waals surface area contributed by atoms with Gasteiger partial charge in [0.2, 0.25) is 5.91 Å². The average molecular weight is 329 g/mol. The summed E-state index contributed by atoms with van der Waals surface area (Å²) in [6, 6.07) is 0.210.